The molecule has 1 heterocycles. The summed E-state index contributed by atoms with van der Waals surface area (Å²) >= 11 is 0. The molecule has 0 aliphatic heterocycles. The zero-order valence-corrected chi connectivity index (χ0v) is 13.1. The molecule has 0 bridgehead atoms. The van der Waals surface area contributed by atoms with Crippen LogP contribution in [0.15, 0.2) is 36.4 Å². The largest absolute Gasteiger partial charge is 0.372 e. The van der Waals surface area contributed by atoms with E-state index < -0.39 is 0 Å². The van der Waals surface area contributed by atoms with Gasteiger partial charge in [-0.05, 0) is 51.3 Å². The highest BCUT2D eigenvalue weighted by Gasteiger charge is 2.14. The zero-order valence-electron chi connectivity index (χ0n) is 13.1. The maximum atomic E-state index is 5.79. The molecule has 1 atom stereocenters. The second-order valence-corrected chi connectivity index (χ2v) is 5.66. The van der Waals surface area contributed by atoms with E-state index in [9.17, 15) is 0 Å². The number of ether oxygens (including phenoxy) is 1. The van der Waals surface area contributed by atoms with Gasteiger partial charge in [0.15, 0.2) is 0 Å². The fraction of sp³-hybridized carbons (Fsp3) is 0.316. The molecule has 0 aliphatic rings. The van der Waals surface area contributed by atoms with E-state index in [0.717, 1.165) is 11.2 Å². The van der Waals surface area contributed by atoms with Gasteiger partial charge in [0.1, 0.15) is 0 Å². The van der Waals surface area contributed by atoms with E-state index >= 15 is 0 Å². The Bertz CT molecular complexity index is 807. The molecule has 3 rings (SSSR count). The third-order valence-corrected chi connectivity index (χ3v) is 3.94. The van der Waals surface area contributed by atoms with Crippen LogP contribution in [0.1, 0.15) is 36.8 Å². The molecule has 0 saturated carbocycles. The Kier molecular flexibility index (Phi) is 3.64. The molecule has 108 valence electrons. The lowest BCUT2D eigenvalue weighted by molar-refractivity contribution is 0.0747. The molecule has 1 aromatic heterocycles. The summed E-state index contributed by atoms with van der Waals surface area (Å²) in [4.78, 5) is 4.88. The van der Waals surface area contributed by atoms with Gasteiger partial charge in [0.2, 0.25) is 0 Å². The van der Waals surface area contributed by atoms with E-state index in [2.05, 4.69) is 57.2 Å². The molecule has 21 heavy (non-hydrogen) atoms. The summed E-state index contributed by atoms with van der Waals surface area (Å²) in [6.07, 6.45) is 0.00463. The van der Waals surface area contributed by atoms with Crippen molar-refractivity contribution in [3.63, 3.8) is 0 Å². The van der Waals surface area contributed by atoms with Gasteiger partial charge < -0.3 is 4.74 Å². The summed E-state index contributed by atoms with van der Waals surface area (Å²) in [7, 11) is 0. The molecular weight excluding hydrogens is 258 g/mol. The first-order chi connectivity index (χ1) is 10.1. The summed E-state index contributed by atoms with van der Waals surface area (Å²) in [5, 5.41) is 3.68. The predicted molar refractivity (Wildman–Crippen MR) is 88.8 cm³/mol. The van der Waals surface area contributed by atoms with Crippen molar-refractivity contribution in [3.05, 3.63) is 53.2 Å². The number of benzene rings is 2. The van der Waals surface area contributed by atoms with Gasteiger partial charge in [-0.1, -0.05) is 29.3 Å². The highest BCUT2D eigenvalue weighted by Crippen LogP contribution is 2.31. The number of hydrogen-bond acceptors (Lipinski definition) is 2. The summed E-state index contributed by atoms with van der Waals surface area (Å²) in [6.45, 7) is 9.04. The number of fused-ring (bicyclic) bond motifs is 3. The van der Waals surface area contributed by atoms with Crippen LogP contribution < -0.4 is 0 Å². The van der Waals surface area contributed by atoms with Gasteiger partial charge in [0.25, 0.3) is 0 Å². The van der Waals surface area contributed by atoms with Crippen LogP contribution in [-0.4, -0.2) is 11.6 Å². The summed E-state index contributed by atoms with van der Waals surface area (Å²) < 4.78 is 5.79. The monoisotopic (exact) mass is 279 g/mol. The Morgan fingerprint density at radius 2 is 1.62 bits per heavy atom. The van der Waals surface area contributed by atoms with Crippen molar-refractivity contribution in [1.82, 2.24) is 4.98 Å². The Balaban J connectivity index is 2.39. The van der Waals surface area contributed by atoms with Crippen LogP contribution in [0.25, 0.3) is 21.7 Å². The first-order valence-electron chi connectivity index (χ1n) is 7.52. The van der Waals surface area contributed by atoms with Gasteiger partial charge >= 0.3 is 0 Å². The average molecular weight is 279 g/mol. The fourth-order valence-corrected chi connectivity index (χ4v) is 2.90. The van der Waals surface area contributed by atoms with Crippen molar-refractivity contribution >= 4 is 21.7 Å². The van der Waals surface area contributed by atoms with Crippen molar-refractivity contribution in [2.45, 2.75) is 33.8 Å². The number of aromatic nitrogens is 1. The standard InChI is InChI=1S/C19H21NO/c1-5-21-14(4)19-17-11-12(2)6-8-15(17)16-10-13(3)7-9-18(16)20-19/h6-11,14H,5H2,1-4H3. The number of rotatable bonds is 3. The van der Waals surface area contributed by atoms with E-state index in [4.69, 9.17) is 9.72 Å². The first-order valence-corrected chi connectivity index (χ1v) is 7.52. The Morgan fingerprint density at radius 3 is 2.33 bits per heavy atom. The second kappa shape index (κ2) is 5.45. The van der Waals surface area contributed by atoms with Gasteiger partial charge in [-0.25, -0.2) is 4.98 Å². The Hall–Kier alpha value is -1.93. The molecule has 2 heteroatoms. The summed E-state index contributed by atoms with van der Waals surface area (Å²) in [5.74, 6) is 0. The van der Waals surface area contributed by atoms with Crippen LogP contribution in [0.3, 0.4) is 0 Å². The van der Waals surface area contributed by atoms with Crippen molar-refractivity contribution in [1.29, 1.82) is 0 Å². The smallest absolute Gasteiger partial charge is 0.0972 e. The molecule has 2 aromatic carbocycles. The van der Waals surface area contributed by atoms with Crippen LogP contribution in [0, 0.1) is 13.8 Å². The average Bonchev–Trinajstić information content (AvgIpc) is 2.46. The van der Waals surface area contributed by atoms with Crippen LogP contribution >= 0.6 is 0 Å². The van der Waals surface area contributed by atoms with Gasteiger partial charge in [-0.3, -0.25) is 0 Å². The highest BCUT2D eigenvalue weighted by atomic mass is 16.5. The molecular formula is C19H21NO. The van der Waals surface area contributed by atoms with E-state index in [-0.39, 0.29) is 6.10 Å². The van der Waals surface area contributed by atoms with Crippen molar-refractivity contribution < 1.29 is 4.74 Å². The second-order valence-electron chi connectivity index (χ2n) is 5.66. The summed E-state index contributed by atoms with van der Waals surface area (Å²) in [6, 6.07) is 13.0. The lowest BCUT2D eigenvalue weighted by Crippen LogP contribution is -2.04. The minimum Gasteiger partial charge on any atom is -0.372 e. The SMILES string of the molecule is CCOC(C)c1nc2ccc(C)cc2c2ccc(C)cc12. The molecule has 0 fully saturated rings. The minimum absolute atomic E-state index is 0.00463. The molecule has 2 nitrogen and oxygen atoms in total. The van der Waals surface area contributed by atoms with Gasteiger partial charge in [-0.15, -0.1) is 0 Å². The van der Waals surface area contributed by atoms with Crippen molar-refractivity contribution in [2.24, 2.45) is 0 Å². The van der Waals surface area contributed by atoms with Crippen molar-refractivity contribution in [2.75, 3.05) is 6.61 Å². The Labute approximate surface area is 125 Å². The number of pyridine rings is 1. The van der Waals surface area contributed by atoms with Crippen molar-refractivity contribution in [3.8, 4) is 0 Å². The van der Waals surface area contributed by atoms with E-state index in [0.29, 0.717) is 6.61 Å². The molecule has 0 saturated heterocycles. The van der Waals surface area contributed by atoms with E-state index in [1.54, 1.807) is 0 Å². The topological polar surface area (TPSA) is 22.1 Å². The molecule has 3 aromatic rings. The molecule has 0 aliphatic carbocycles. The lowest BCUT2D eigenvalue weighted by atomic mass is 9.99. The number of nitrogens with zero attached hydrogens (tertiary/aromatic N) is 1. The van der Waals surface area contributed by atoms with Gasteiger partial charge in [0, 0.05) is 17.4 Å². The maximum absolute atomic E-state index is 5.79. The number of hydrogen-bond donors (Lipinski definition) is 0. The van der Waals surface area contributed by atoms with E-state index in [1.807, 2.05) is 6.92 Å². The van der Waals surface area contributed by atoms with Crippen LogP contribution in [0.2, 0.25) is 0 Å². The van der Waals surface area contributed by atoms with Crippen LogP contribution in [-0.2, 0) is 4.74 Å². The van der Waals surface area contributed by atoms with Gasteiger partial charge in [-0.2, -0.15) is 0 Å². The minimum atomic E-state index is 0.00463. The molecule has 1 unspecified atom stereocenters. The predicted octanol–water partition coefficient (Wildman–Crippen LogP) is 5.10. The van der Waals surface area contributed by atoms with Crippen LogP contribution in [0.5, 0.6) is 0 Å². The first kappa shape index (κ1) is 14.0. The van der Waals surface area contributed by atoms with Crippen LogP contribution in [0.4, 0.5) is 0 Å². The summed E-state index contributed by atoms with van der Waals surface area (Å²) in [5.41, 5.74) is 4.59. The highest BCUT2D eigenvalue weighted by molar-refractivity contribution is 6.07. The number of aryl methyl sites for hydroxylation is 2. The molecule has 0 spiro atoms. The normalized spacial score (nSPS) is 13.0. The fourth-order valence-electron chi connectivity index (χ4n) is 2.90. The molecule has 0 radical (unpaired) electrons. The van der Waals surface area contributed by atoms with Gasteiger partial charge in [0.05, 0.1) is 17.3 Å². The third-order valence-electron chi connectivity index (χ3n) is 3.94. The molecule has 0 amide bonds. The Morgan fingerprint density at radius 1 is 0.952 bits per heavy atom. The maximum Gasteiger partial charge on any atom is 0.0972 e. The quantitative estimate of drug-likeness (QED) is 0.622. The zero-order chi connectivity index (χ0) is 15.0. The van der Waals surface area contributed by atoms with E-state index in [1.165, 1.54) is 27.3 Å². The third kappa shape index (κ3) is 2.52. The lowest BCUT2D eigenvalue weighted by Gasteiger charge is -2.16. The molecule has 0 N–H and O–H groups in total.